The SMILES string of the molecule is COc1c(Cl)cccc1Nc1c(-c2ccnc3ccc(O[C@H]4CCCOC4)nc23)[nH]c2c1C(=O)CCC2. The zero-order valence-electron chi connectivity index (χ0n) is 20.5. The van der Waals surface area contributed by atoms with E-state index in [1.54, 1.807) is 19.4 Å². The van der Waals surface area contributed by atoms with Gasteiger partial charge in [-0.1, -0.05) is 17.7 Å². The molecule has 6 rings (SSSR count). The Morgan fingerprint density at radius 3 is 2.92 bits per heavy atom. The zero-order chi connectivity index (χ0) is 25.4. The van der Waals surface area contributed by atoms with Gasteiger partial charge in [-0.25, -0.2) is 4.98 Å². The average molecular weight is 519 g/mol. The van der Waals surface area contributed by atoms with Crippen LogP contribution >= 0.6 is 11.6 Å². The molecule has 2 N–H and O–H groups in total. The van der Waals surface area contributed by atoms with Gasteiger partial charge in [0.1, 0.15) is 11.6 Å². The largest absolute Gasteiger partial charge is 0.493 e. The second-order valence-electron chi connectivity index (χ2n) is 9.28. The van der Waals surface area contributed by atoms with Crippen LogP contribution in [0.2, 0.25) is 5.02 Å². The van der Waals surface area contributed by atoms with Crippen LogP contribution in [-0.2, 0) is 11.2 Å². The van der Waals surface area contributed by atoms with Crippen LogP contribution in [0.5, 0.6) is 11.6 Å². The van der Waals surface area contributed by atoms with Gasteiger partial charge in [0.05, 0.1) is 46.9 Å². The Balaban J connectivity index is 1.48. The Hall–Kier alpha value is -3.62. The van der Waals surface area contributed by atoms with Gasteiger partial charge < -0.3 is 24.5 Å². The fraction of sp³-hybridized carbons (Fsp3) is 0.321. The van der Waals surface area contributed by atoms with Crippen molar-refractivity contribution < 1.29 is 19.0 Å². The lowest BCUT2D eigenvalue weighted by atomic mass is 9.94. The van der Waals surface area contributed by atoms with E-state index in [0.29, 0.717) is 52.1 Å². The first-order chi connectivity index (χ1) is 18.1. The maximum atomic E-state index is 13.1. The summed E-state index contributed by atoms with van der Waals surface area (Å²) in [5, 5.41) is 3.94. The average Bonchev–Trinajstić information content (AvgIpc) is 3.28. The molecule has 37 heavy (non-hydrogen) atoms. The summed E-state index contributed by atoms with van der Waals surface area (Å²) >= 11 is 6.39. The number of ketones is 1. The first-order valence-electron chi connectivity index (χ1n) is 12.5. The van der Waals surface area contributed by atoms with Gasteiger partial charge in [0.15, 0.2) is 11.5 Å². The maximum absolute atomic E-state index is 13.1. The molecule has 0 saturated carbocycles. The fourth-order valence-corrected chi connectivity index (χ4v) is 5.38. The lowest BCUT2D eigenvalue weighted by Gasteiger charge is -2.22. The highest BCUT2D eigenvalue weighted by Gasteiger charge is 2.29. The number of H-pyrrole nitrogens is 1. The third-order valence-corrected chi connectivity index (χ3v) is 7.15. The van der Waals surface area contributed by atoms with Gasteiger partial charge in [-0.2, -0.15) is 0 Å². The number of aryl methyl sites for hydroxylation is 1. The minimum Gasteiger partial charge on any atom is -0.493 e. The van der Waals surface area contributed by atoms with Crippen molar-refractivity contribution in [2.45, 2.75) is 38.2 Å². The zero-order valence-corrected chi connectivity index (χ0v) is 21.2. The van der Waals surface area contributed by atoms with Crippen molar-refractivity contribution >= 4 is 39.8 Å². The number of pyridine rings is 2. The normalized spacial score (nSPS) is 17.5. The predicted molar refractivity (Wildman–Crippen MR) is 142 cm³/mol. The van der Waals surface area contributed by atoms with E-state index >= 15 is 0 Å². The molecule has 0 radical (unpaired) electrons. The molecular weight excluding hydrogens is 492 g/mol. The number of fused-ring (bicyclic) bond motifs is 2. The van der Waals surface area contributed by atoms with E-state index < -0.39 is 0 Å². The van der Waals surface area contributed by atoms with Crippen LogP contribution in [0, 0.1) is 0 Å². The van der Waals surface area contributed by atoms with Gasteiger partial charge >= 0.3 is 0 Å². The fourth-order valence-electron chi connectivity index (χ4n) is 5.12. The van der Waals surface area contributed by atoms with Gasteiger partial charge in [-0.05, 0) is 49.9 Å². The molecule has 190 valence electrons. The number of carbonyl (C=O) groups excluding carboxylic acids is 1. The number of aromatic amines is 1. The van der Waals surface area contributed by atoms with Crippen LogP contribution in [0.25, 0.3) is 22.3 Å². The molecule has 9 heteroatoms. The number of anilines is 2. The molecule has 4 heterocycles. The number of benzene rings is 1. The first kappa shape index (κ1) is 23.8. The van der Waals surface area contributed by atoms with E-state index in [2.05, 4.69) is 15.3 Å². The number of Topliss-reactive ketones (excluding diaryl/α,β-unsaturated/α-hetero) is 1. The van der Waals surface area contributed by atoms with Crippen molar-refractivity contribution in [1.29, 1.82) is 0 Å². The van der Waals surface area contributed by atoms with Crippen LogP contribution in [0.15, 0.2) is 42.6 Å². The topological polar surface area (TPSA) is 98.4 Å². The van der Waals surface area contributed by atoms with Gasteiger partial charge in [0, 0.05) is 36.5 Å². The molecule has 1 atom stereocenters. The summed E-state index contributed by atoms with van der Waals surface area (Å²) in [7, 11) is 1.57. The van der Waals surface area contributed by atoms with Crippen molar-refractivity contribution in [3.63, 3.8) is 0 Å². The monoisotopic (exact) mass is 518 g/mol. The lowest BCUT2D eigenvalue weighted by Crippen LogP contribution is -2.28. The number of methoxy groups -OCH3 is 1. The van der Waals surface area contributed by atoms with E-state index in [1.165, 1.54) is 0 Å². The molecule has 1 aliphatic heterocycles. The molecule has 8 nitrogen and oxygen atoms in total. The second-order valence-corrected chi connectivity index (χ2v) is 9.69. The van der Waals surface area contributed by atoms with E-state index in [1.807, 2.05) is 30.3 Å². The number of halogens is 1. The molecule has 1 aromatic carbocycles. The van der Waals surface area contributed by atoms with Gasteiger partial charge in [0.2, 0.25) is 5.88 Å². The highest BCUT2D eigenvalue weighted by Crippen LogP contribution is 2.43. The van der Waals surface area contributed by atoms with Crippen molar-refractivity contribution in [2.75, 3.05) is 25.6 Å². The highest BCUT2D eigenvalue weighted by molar-refractivity contribution is 6.32. The van der Waals surface area contributed by atoms with E-state index in [9.17, 15) is 4.79 Å². The second kappa shape index (κ2) is 10.0. The molecule has 2 aliphatic rings. The number of nitrogens with one attached hydrogen (secondary N) is 2. The number of aromatic nitrogens is 3. The standard InChI is InChI=1S/C28H27ClN4O4/c1-35-28-18(29)6-2-8-21(28)32-27-24-19(7-3-9-22(24)34)31-26(27)17-12-13-30-20-10-11-23(33-25(17)20)37-16-5-4-14-36-15-16/h2,6,8,10-13,16,31-32H,3-5,7,9,14-15H2,1H3/t16-/m0/s1. The third-order valence-electron chi connectivity index (χ3n) is 6.85. The Bertz CT molecular complexity index is 1480. The summed E-state index contributed by atoms with van der Waals surface area (Å²) in [5.41, 5.74) is 5.93. The van der Waals surface area contributed by atoms with Crippen LogP contribution in [0.4, 0.5) is 11.4 Å². The van der Waals surface area contributed by atoms with Crippen LogP contribution in [-0.4, -0.2) is 47.2 Å². The minimum atomic E-state index is -0.0261. The third kappa shape index (κ3) is 4.51. The summed E-state index contributed by atoms with van der Waals surface area (Å²) in [6, 6.07) is 11.1. The molecule has 0 unspecified atom stereocenters. The Morgan fingerprint density at radius 2 is 2.08 bits per heavy atom. The van der Waals surface area contributed by atoms with Crippen molar-refractivity contribution in [3.8, 4) is 22.9 Å². The van der Waals surface area contributed by atoms with Gasteiger partial charge in [-0.3, -0.25) is 9.78 Å². The smallest absolute Gasteiger partial charge is 0.214 e. The molecule has 0 spiro atoms. The highest BCUT2D eigenvalue weighted by atomic mass is 35.5. The summed E-state index contributed by atoms with van der Waals surface area (Å²) < 4.78 is 17.3. The summed E-state index contributed by atoms with van der Waals surface area (Å²) in [6.45, 7) is 1.32. The minimum absolute atomic E-state index is 0.0261. The number of hydrogen-bond donors (Lipinski definition) is 2. The Labute approximate surface area is 219 Å². The number of hydrogen-bond acceptors (Lipinski definition) is 7. The first-order valence-corrected chi connectivity index (χ1v) is 12.9. The summed E-state index contributed by atoms with van der Waals surface area (Å²) in [4.78, 5) is 26.0. The molecule has 1 fully saturated rings. The molecule has 4 aromatic rings. The van der Waals surface area contributed by atoms with Crippen molar-refractivity contribution in [1.82, 2.24) is 15.0 Å². The van der Waals surface area contributed by atoms with E-state index in [4.69, 9.17) is 30.8 Å². The van der Waals surface area contributed by atoms with Gasteiger partial charge in [-0.15, -0.1) is 0 Å². The predicted octanol–water partition coefficient (Wildman–Crippen LogP) is 6.11. The number of para-hydroxylation sites is 1. The van der Waals surface area contributed by atoms with Gasteiger partial charge in [0.25, 0.3) is 0 Å². The summed E-state index contributed by atoms with van der Waals surface area (Å²) in [5.74, 6) is 1.13. The Morgan fingerprint density at radius 1 is 1.16 bits per heavy atom. The lowest BCUT2D eigenvalue weighted by molar-refractivity contribution is 0.00564. The van der Waals surface area contributed by atoms with Crippen LogP contribution < -0.4 is 14.8 Å². The Kier molecular flexibility index (Phi) is 6.44. The summed E-state index contributed by atoms with van der Waals surface area (Å²) in [6.07, 6.45) is 5.72. The number of nitrogens with zero attached hydrogens (tertiary/aromatic N) is 2. The number of carbonyl (C=O) groups is 1. The molecule has 1 saturated heterocycles. The molecule has 1 aliphatic carbocycles. The van der Waals surface area contributed by atoms with Crippen LogP contribution in [0.1, 0.15) is 41.7 Å². The maximum Gasteiger partial charge on any atom is 0.214 e. The van der Waals surface area contributed by atoms with E-state index in [0.717, 1.165) is 54.8 Å². The van der Waals surface area contributed by atoms with Crippen molar-refractivity contribution in [3.05, 3.63) is 58.9 Å². The molecule has 0 bridgehead atoms. The number of ether oxygens (including phenoxy) is 3. The molecule has 0 amide bonds. The number of rotatable bonds is 6. The van der Waals surface area contributed by atoms with Crippen molar-refractivity contribution in [2.24, 2.45) is 0 Å². The molecular formula is C28H27ClN4O4. The van der Waals surface area contributed by atoms with Crippen LogP contribution in [0.3, 0.4) is 0 Å². The van der Waals surface area contributed by atoms with E-state index in [-0.39, 0.29) is 11.9 Å². The quantitative estimate of drug-likeness (QED) is 0.318. The molecule has 3 aromatic heterocycles.